The average Bonchev–Trinajstić information content (AvgIpc) is 2.52. The summed E-state index contributed by atoms with van der Waals surface area (Å²) < 4.78 is 41.3. The van der Waals surface area contributed by atoms with Crippen LogP contribution in [-0.4, -0.2) is 32.0 Å². The van der Waals surface area contributed by atoms with E-state index in [2.05, 4.69) is 10.1 Å². The molecule has 0 amide bonds. The molecule has 0 aromatic heterocycles. The topological polar surface area (TPSA) is 24.5 Å². The number of para-hydroxylation sites is 2. The van der Waals surface area contributed by atoms with Crippen molar-refractivity contribution >= 4 is 5.69 Å². The van der Waals surface area contributed by atoms with Crippen LogP contribution in [0.2, 0.25) is 0 Å². The molecule has 1 aromatic carbocycles. The first-order valence-electron chi connectivity index (χ1n) is 6.29. The van der Waals surface area contributed by atoms with Crippen molar-refractivity contribution in [1.82, 2.24) is 5.32 Å². The molecule has 106 valence electrons. The summed E-state index contributed by atoms with van der Waals surface area (Å²) in [7, 11) is 0. The first-order chi connectivity index (χ1) is 8.96. The zero-order valence-corrected chi connectivity index (χ0v) is 10.7. The van der Waals surface area contributed by atoms with Crippen molar-refractivity contribution in [2.75, 3.05) is 24.5 Å². The minimum atomic E-state index is -4.66. The quantitative estimate of drug-likeness (QED) is 0.897. The van der Waals surface area contributed by atoms with Crippen LogP contribution in [0.25, 0.3) is 0 Å². The third kappa shape index (κ3) is 4.02. The number of anilines is 1. The largest absolute Gasteiger partial charge is 0.573 e. The van der Waals surface area contributed by atoms with Gasteiger partial charge in [-0.1, -0.05) is 12.1 Å². The van der Waals surface area contributed by atoms with Crippen molar-refractivity contribution in [1.29, 1.82) is 0 Å². The fourth-order valence-corrected chi connectivity index (χ4v) is 2.25. The van der Waals surface area contributed by atoms with Crippen LogP contribution in [-0.2, 0) is 0 Å². The molecule has 1 fully saturated rings. The highest BCUT2D eigenvalue weighted by atomic mass is 19.4. The van der Waals surface area contributed by atoms with Crippen LogP contribution in [0, 0.1) is 0 Å². The number of nitrogens with one attached hydrogen (secondary N) is 1. The van der Waals surface area contributed by atoms with E-state index in [0.717, 1.165) is 19.5 Å². The third-order valence-corrected chi connectivity index (χ3v) is 3.02. The van der Waals surface area contributed by atoms with Crippen molar-refractivity contribution in [2.45, 2.75) is 25.7 Å². The van der Waals surface area contributed by atoms with Gasteiger partial charge in [-0.2, -0.15) is 0 Å². The van der Waals surface area contributed by atoms with Gasteiger partial charge in [-0.3, -0.25) is 0 Å². The molecule has 1 aliphatic rings. The summed E-state index contributed by atoms with van der Waals surface area (Å²) in [5, 5.41) is 3.31. The minimum absolute atomic E-state index is 0.135. The maximum atomic E-state index is 12.4. The highest BCUT2D eigenvalue weighted by molar-refractivity contribution is 5.58. The van der Waals surface area contributed by atoms with Gasteiger partial charge in [0.25, 0.3) is 0 Å². The van der Waals surface area contributed by atoms with Gasteiger partial charge in [-0.05, 0) is 32.0 Å². The maximum absolute atomic E-state index is 12.4. The highest BCUT2D eigenvalue weighted by Crippen LogP contribution is 2.33. The number of hydrogen-bond donors (Lipinski definition) is 1. The monoisotopic (exact) mass is 274 g/mol. The molecule has 0 aliphatic carbocycles. The predicted octanol–water partition coefficient (Wildman–Crippen LogP) is 2.77. The number of nitrogens with zero attached hydrogens (tertiary/aromatic N) is 1. The van der Waals surface area contributed by atoms with E-state index in [9.17, 15) is 13.2 Å². The molecule has 1 N–H and O–H groups in total. The third-order valence-electron chi connectivity index (χ3n) is 3.02. The van der Waals surface area contributed by atoms with Gasteiger partial charge in [-0.15, -0.1) is 13.2 Å². The molecule has 1 atom stereocenters. The van der Waals surface area contributed by atoms with Crippen LogP contribution >= 0.6 is 0 Å². The molecule has 0 radical (unpaired) electrons. The lowest BCUT2D eigenvalue weighted by Crippen LogP contribution is -2.35. The summed E-state index contributed by atoms with van der Waals surface area (Å²) in [6.07, 6.45) is -3.77. The van der Waals surface area contributed by atoms with Gasteiger partial charge in [-0.25, -0.2) is 0 Å². The molecule has 1 aromatic rings. The second kappa shape index (κ2) is 5.69. The summed E-state index contributed by atoms with van der Waals surface area (Å²) in [5.74, 6) is -0.135. The lowest BCUT2D eigenvalue weighted by Gasteiger charge is -2.27. The van der Waals surface area contributed by atoms with Gasteiger partial charge in [0.2, 0.25) is 0 Å². The lowest BCUT2D eigenvalue weighted by molar-refractivity contribution is -0.274. The Morgan fingerprint density at radius 1 is 1.32 bits per heavy atom. The summed E-state index contributed by atoms with van der Waals surface area (Å²) >= 11 is 0. The number of ether oxygens (including phenoxy) is 1. The molecule has 0 saturated carbocycles. The van der Waals surface area contributed by atoms with Crippen LogP contribution in [0.15, 0.2) is 24.3 Å². The summed E-state index contributed by atoms with van der Waals surface area (Å²) in [6.45, 7) is 4.28. The van der Waals surface area contributed by atoms with E-state index < -0.39 is 6.36 Å². The van der Waals surface area contributed by atoms with E-state index in [1.807, 2.05) is 11.8 Å². The Kier molecular flexibility index (Phi) is 4.19. The van der Waals surface area contributed by atoms with E-state index in [1.54, 1.807) is 18.2 Å². The standard InChI is InChI=1S/C13H17F3N2O/c1-10-9-18(8-4-7-17-10)11-5-2-3-6-12(11)19-13(14,15)16/h2-3,5-6,10,17H,4,7-9H2,1H3. The highest BCUT2D eigenvalue weighted by Gasteiger charge is 2.32. The lowest BCUT2D eigenvalue weighted by atomic mass is 10.2. The SMILES string of the molecule is CC1CN(c2ccccc2OC(F)(F)F)CCCN1. The smallest absolute Gasteiger partial charge is 0.404 e. The van der Waals surface area contributed by atoms with Crippen LogP contribution in [0.4, 0.5) is 18.9 Å². The fourth-order valence-electron chi connectivity index (χ4n) is 2.25. The van der Waals surface area contributed by atoms with Crippen molar-refractivity contribution in [2.24, 2.45) is 0 Å². The molecule has 1 saturated heterocycles. The molecule has 0 spiro atoms. The van der Waals surface area contributed by atoms with Gasteiger partial charge in [0.1, 0.15) is 0 Å². The number of benzene rings is 1. The first kappa shape index (κ1) is 14.0. The predicted molar refractivity (Wildman–Crippen MR) is 67.4 cm³/mol. The molecular weight excluding hydrogens is 257 g/mol. The van der Waals surface area contributed by atoms with Crippen LogP contribution in [0.5, 0.6) is 5.75 Å². The van der Waals surface area contributed by atoms with Crippen molar-refractivity contribution in [3.63, 3.8) is 0 Å². The van der Waals surface area contributed by atoms with E-state index in [4.69, 9.17) is 0 Å². The van der Waals surface area contributed by atoms with Gasteiger partial charge in [0.15, 0.2) is 5.75 Å². The normalized spacial score (nSPS) is 21.1. The minimum Gasteiger partial charge on any atom is -0.404 e. The first-order valence-corrected chi connectivity index (χ1v) is 6.29. The van der Waals surface area contributed by atoms with E-state index in [0.29, 0.717) is 12.2 Å². The van der Waals surface area contributed by atoms with Gasteiger partial charge < -0.3 is 15.0 Å². The molecule has 1 unspecified atom stereocenters. The average molecular weight is 274 g/mol. The molecule has 0 bridgehead atoms. The summed E-state index contributed by atoms with van der Waals surface area (Å²) in [5.41, 5.74) is 0.496. The Balaban J connectivity index is 2.22. The molecule has 1 heterocycles. The number of hydrogen-bond acceptors (Lipinski definition) is 3. The molecule has 6 heteroatoms. The Labute approximate surface area is 110 Å². The van der Waals surface area contributed by atoms with E-state index in [-0.39, 0.29) is 11.8 Å². The van der Waals surface area contributed by atoms with Crippen molar-refractivity contribution in [3.8, 4) is 5.75 Å². The van der Waals surface area contributed by atoms with Crippen LogP contribution in [0.1, 0.15) is 13.3 Å². The summed E-state index contributed by atoms with van der Waals surface area (Å²) in [6, 6.07) is 6.53. The molecule has 3 nitrogen and oxygen atoms in total. The van der Waals surface area contributed by atoms with E-state index in [1.165, 1.54) is 6.07 Å². The zero-order valence-electron chi connectivity index (χ0n) is 10.7. The molecular formula is C13H17F3N2O. The van der Waals surface area contributed by atoms with Crippen LogP contribution in [0.3, 0.4) is 0 Å². The Morgan fingerprint density at radius 3 is 2.79 bits per heavy atom. The Bertz CT molecular complexity index is 423. The second-order valence-electron chi connectivity index (χ2n) is 4.67. The zero-order chi connectivity index (χ0) is 13.9. The summed E-state index contributed by atoms with van der Waals surface area (Å²) in [4.78, 5) is 1.94. The van der Waals surface area contributed by atoms with E-state index >= 15 is 0 Å². The maximum Gasteiger partial charge on any atom is 0.573 e. The fraction of sp³-hybridized carbons (Fsp3) is 0.538. The van der Waals surface area contributed by atoms with Crippen molar-refractivity contribution in [3.05, 3.63) is 24.3 Å². The van der Waals surface area contributed by atoms with Gasteiger partial charge in [0, 0.05) is 19.1 Å². The Hall–Kier alpha value is -1.43. The molecule has 1 aliphatic heterocycles. The number of halogens is 3. The Morgan fingerprint density at radius 2 is 2.05 bits per heavy atom. The van der Waals surface area contributed by atoms with Gasteiger partial charge >= 0.3 is 6.36 Å². The number of alkyl halides is 3. The number of rotatable bonds is 2. The molecule has 19 heavy (non-hydrogen) atoms. The molecule has 2 rings (SSSR count). The van der Waals surface area contributed by atoms with Gasteiger partial charge in [0.05, 0.1) is 5.69 Å². The van der Waals surface area contributed by atoms with Crippen LogP contribution < -0.4 is 15.0 Å². The second-order valence-corrected chi connectivity index (χ2v) is 4.67. The van der Waals surface area contributed by atoms with Crippen molar-refractivity contribution < 1.29 is 17.9 Å².